The smallest absolute Gasteiger partial charge is 0.279 e. The summed E-state index contributed by atoms with van der Waals surface area (Å²) in [6.07, 6.45) is 0. The molecule has 1 fully saturated rings. The standard InChI is InChI=1S/C13H24N4O3S/c1-10-12(11(2)16(5)15-10)8-14-21(18,19)17-6-7-20-13(3,4)9-17/h14H,6-9H2,1-5H3. The van der Waals surface area contributed by atoms with Gasteiger partial charge in [-0.3, -0.25) is 4.68 Å². The summed E-state index contributed by atoms with van der Waals surface area (Å²) in [5, 5.41) is 4.30. The van der Waals surface area contributed by atoms with Gasteiger partial charge in [0.15, 0.2) is 0 Å². The van der Waals surface area contributed by atoms with Crippen LogP contribution in [0.3, 0.4) is 0 Å². The van der Waals surface area contributed by atoms with Crippen molar-refractivity contribution in [3.8, 4) is 0 Å². The Balaban J connectivity index is 2.08. The number of nitrogens with zero attached hydrogens (tertiary/aromatic N) is 3. The molecule has 8 heteroatoms. The predicted octanol–water partition coefficient (Wildman–Crippen LogP) is 0.482. The van der Waals surface area contributed by atoms with Gasteiger partial charge in [0.25, 0.3) is 10.2 Å². The third-order valence-corrected chi connectivity index (χ3v) is 5.32. The minimum absolute atomic E-state index is 0.256. The van der Waals surface area contributed by atoms with Crippen LogP contribution in [0.5, 0.6) is 0 Å². The maximum absolute atomic E-state index is 12.4. The van der Waals surface area contributed by atoms with Crippen molar-refractivity contribution in [3.63, 3.8) is 0 Å². The molecule has 0 saturated carbocycles. The second-order valence-corrected chi connectivity index (χ2v) is 7.80. The van der Waals surface area contributed by atoms with Crippen LogP contribution in [0.4, 0.5) is 0 Å². The summed E-state index contributed by atoms with van der Waals surface area (Å²) in [5.74, 6) is 0. The Morgan fingerprint density at radius 2 is 2.05 bits per heavy atom. The summed E-state index contributed by atoms with van der Waals surface area (Å²) in [6.45, 7) is 9.01. The van der Waals surface area contributed by atoms with Crippen LogP contribution < -0.4 is 4.72 Å². The molecule has 0 aliphatic carbocycles. The highest BCUT2D eigenvalue weighted by molar-refractivity contribution is 7.87. The second-order valence-electron chi connectivity index (χ2n) is 6.04. The molecule has 7 nitrogen and oxygen atoms in total. The van der Waals surface area contributed by atoms with Gasteiger partial charge in [0.05, 0.1) is 17.9 Å². The fraction of sp³-hybridized carbons (Fsp3) is 0.769. The van der Waals surface area contributed by atoms with Crippen LogP contribution in [0.1, 0.15) is 30.8 Å². The first-order valence-electron chi connectivity index (χ1n) is 7.00. The zero-order valence-corrected chi connectivity index (χ0v) is 14.1. The van der Waals surface area contributed by atoms with E-state index in [2.05, 4.69) is 9.82 Å². The largest absolute Gasteiger partial charge is 0.373 e. The Morgan fingerprint density at radius 1 is 1.38 bits per heavy atom. The molecular formula is C13H24N4O3S. The van der Waals surface area contributed by atoms with Gasteiger partial charge in [0.1, 0.15) is 0 Å². The lowest BCUT2D eigenvalue weighted by Gasteiger charge is -2.37. The van der Waals surface area contributed by atoms with E-state index in [-0.39, 0.29) is 6.54 Å². The molecule has 1 aliphatic heterocycles. The quantitative estimate of drug-likeness (QED) is 0.877. The fourth-order valence-electron chi connectivity index (χ4n) is 2.51. The van der Waals surface area contributed by atoms with E-state index in [9.17, 15) is 8.42 Å². The molecule has 0 radical (unpaired) electrons. The zero-order chi connectivity index (χ0) is 15.8. The number of nitrogens with one attached hydrogen (secondary N) is 1. The SMILES string of the molecule is Cc1nn(C)c(C)c1CNS(=O)(=O)N1CCOC(C)(C)C1. The van der Waals surface area contributed by atoms with Crippen LogP contribution in [-0.2, 0) is 28.5 Å². The summed E-state index contributed by atoms with van der Waals surface area (Å²) in [4.78, 5) is 0. The van der Waals surface area contributed by atoms with Crippen LogP contribution in [0.15, 0.2) is 0 Å². The van der Waals surface area contributed by atoms with Gasteiger partial charge in [-0.25, -0.2) is 0 Å². The van der Waals surface area contributed by atoms with Crippen LogP contribution in [-0.4, -0.2) is 47.8 Å². The second kappa shape index (κ2) is 5.68. The minimum atomic E-state index is -3.51. The van der Waals surface area contributed by atoms with Crippen LogP contribution in [0, 0.1) is 13.8 Å². The summed E-state index contributed by atoms with van der Waals surface area (Å²) in [7, 11) is -1.66. The van der Waals surface area contributed by atoms with Crippen LogP contribution >= 0.6 is 0 Å². The zero-order valence-electron chi connectivity index (χ0n) is 13.3. The average Bonchev–Trinajstić information content (AvgIpc) is 2.60. The number of aromatic nitrogens is 2. The predicted molar refractivity (Wildman–Crippen MR) is 80.0 cm³/mol. The molecule has 0 spiro atoms. The van der Waals surface area contributed by atoms with Crippen LogP contribution in [0.2, 0.25) is 0 Å². The first-order chi connectivity index (χ1) is 9.62. The normalized spacial score (nSPS) is 19.9. The van der Waals surface area contributed by atoms with E-state index in [0.29, 0.717) is 19.7 Å². The molecule has 0 unspecified atom stereocenters. The Labute approximate surface area is 126 Å². The maximum atomic E-state index is 12.4. The van der Waals surface area contributed by atoms with Crippen molar-refractivity contribution in [2.24, 2.45) is 7.05 Å². The molecule has 1 aromatic rings. The van der Waals surface area contributed by atoms with Crippen molar-refractivity contribution in [2.45, 2.75) is 39.8 Å². The lowest BCUT2D eigenvalue weighted by Crippen LogP contribution is -2.53. The third-order valence-electron chi connectivity index (χ3n) is 3.82. The Kier molecular flexibility index (Phi) is 4.44. The van der Waals surface area contributed by atoms with E-state index in [1.807, 2.05) is 34.7 Å². The number of aryl methyl sites for hydroxylation is 2. The highest BCUT2D eigenvalue weighted by atomic mass is 32.2. The van der Waals surface area contributed by atoms with Gasteiger partial charge >= 0.3 is 0 Å². The van der Waals surface area contributed by atoms with Crippen molar-refractivity contribution >= 4 is 10.2 Å². The average molecular weight is 316 g/mol. The Morgan fingerprint density at radius 3 is 2.57 bits per heavy atom. The van der Waals surface area contributed by atoms with E-state index in [1.165, 1.54) is 4.31 Å². The first kappa shape index (κ1) is 16.4. The topological polar surface area (TPSA) is 76.5 Å². The fourth-order valence-corrected chi connectivity index (χ4v) is 3.81. The number of morpholine rings is 1. The molecule has 0 bridgehead atoms. The molecule has 1 aromatic heterocycles. The minimum Gasteiger partial charge on any atom is -0.373 e. The molecule has 0 atom stereocenters. The summed E-state index contributed by atoms with van der Waals surface area (Å²) >= 11 is 0. The summed E-state index contributed by atoms with van der Waals surface area (Å²) < 4.78 is 36.2. The van der Waals surface area contributed by atoms with Crippen molar-refractivity contribution in [1.82, 2.24) is 18.8 Å². The highest BCUT2D eigenvalue weighted by Gasteiger charge is 2.33. The summed E-state index contributed by atoms with van der Waals surface area (Å²) in [6, 6.07) is 0. The molecule has 1 saturated heterocycles. The molecule has 120 valence electrons. The van der Waals surface area contributed by atoms with E-state index < -0.39 is 15.8 Å². The van der Waals surface area contributed by atoms with Crippen molar-refractivity contribution in [1.29, 1.82) is 0 Å². The van der Waals surface area contributed by atoms with Crippen molar-refractivity contribution in [2.75, 3.05) is 19.7 Å². The van der Waals surface area contributed by atoms with E-state index in [0.717, 1.165) is 17.0 Å². The van der Waals surface area contributed by atoms with E-state index >= 15 is 0 Å². The lowest BCUT2D eigenvalue weighted by atomic mass is 10.1. The van der Waals surface area contributed by atoms with E-state index in [4.69, 9.17) is 4.74 Å². The van der Waals surface area contributed by atoms with Gasteiger partial charge in [-0.2, -0.15) is 22.5 Å². The van der Waals surface area contributed by atoms with Gasteiger partial charge in [0.2, 0.25) is 0 Å². The van der Waals surface area contributed by atoms with Gasteiger partial charge in [-0.1, -0.05) is 0 Å². The number of ether oxygens (including phenoxy) is 1. The number of hydrogen-bond acceptors (Lipinski definition) is 4. The highest BCUT2D eigenvalue weighted by Crippen LogP contribution is 2.19. The molecule has 2 heterocycles. The molecule has 0 aromatic carbocycles. The Bertz CT molecular complexity index is 622. The molecular weight excluding hydrogens is 292 g/mol. The Hall–Kier alpha value is -0.960. The van der Waals surface area contributed by atoms with Gasteiger partial charge in [-0.15, -0.1) is 0 Å². The third kappa shape index (κ3) is 3.63. The molecule has 0 amide bonds. The van der Waals surface area contributed by atoms with Gasteiger partial charge in [-0.05, 0) is 27.7 Å². The molecule has 2 rings (SSSR count). The number of hydrogen-bond donors (Lipinski definition) is 1. The summed E-state index contributed by atoms with van der Waals surface area (Å²) in [5.41, 5.74) is 2.29. The van der Waals surface area contributed by atoms with Crippen molar-refractivity contribution < 1.29 is 13.2 Å². The monoisotopic (exact) mass is 316 g/mol. The van der Waals surface area contributed by atoms with E-state index in [1.54, 1.807) is 4.68 Å². The molecule has 1 N–H and O–H groups in total. The molecule has 1 aliphatic rings. The maximum Gasteiger partial charge on any atom is 0.279 e. The lowest BCUT2D eigenvalue weighted by molar-refractivity contribution is -0.0643. The first-order valence-corrected chi connectivity index (χ1v) is 8.44. The van der Waals surface area contributed by atoms with Crippen LogP contribution in [0.25, 0.3) is 0 Å². The molecule has 21 heavy (non-hydrogen) atoms. The van der Waals surface area contributed by atoms with Gasteiger partial charge in [0, 0.05) is 37.9 Å². The number of rotatable bonds is 4. The van der Waals surface area contributed by atoms with Gasteiger partial charge < -0.3 is 4.74 Å². The van der Waals surface area contributed by atoms with Crippen molar-refractivity contribution in [3.05, 3.63) is 17.0 Å².